The van der Waals surface area contributed by atoms with Crippen molar-refractivity contribution < 1.29 is 4.79 Å². The van der Waals surface area contributed by atoms with E-state index in [1.807, 2.05) is 25.1 Å². The van der Waals surface area contributed by atoms with E-state index in [-0.39, 0.29) is 5.78 Å². The van der Waals surface area contributed by atoms with Gasteiger partial charge in [-0.3, -0.25) is 9.48 Å². The van der Waals surface area contributed by atoms with Gasteiger partial charge in [-0.15, -0.1) is 0 Å². The first kappa shape index (κ1) is 13.2. The number of fused-ring (bicyclic) bond motifs is 1. The summed E-state index contributed by atoms with van der Waals surface area (Å²) in [5.74, 6) is -0.0669. The van der Waals surface area contributed by atoms with Gasteiger partial charge in [-0.25, -0.2) is 0 Å². The first-order valence-electron chi connectivity index (χ1n) is 6.83. The number of ketones is 1. The number of anilines is 1. The molecule has 0 unspecified atom stereocenters. The zero-order chi connectivity index (χ0) is 14.1. The number of benzene rings is 1. The van der Waals surface area contributed by atoms with Crippen LogP contribution in [0.4, 0.5) is 5.69 Å². The molecule has 20 heavy (non-hydrogen) atoms. The molecule has 4 nitrogen and oxygen atoms in total. The highest BCUT2D eigenvalue weighted by Crippen LogP contribution is 2.25. The molecule has 0 spiro atoms. The van der Waals surface area contributed by atoms with E-state index < -0.39 is 0 Å². The maximum absolute atomic E-state index is 12.6. The zero-order valence-electron chi connectivity index (χ0n) is 11.3. The van der Waals surface area contributed by atoms with Crippen molar-refractivity contribution in [2.75, 3.05) is 11.9 Å². The number of hydrogen-bond donors (Lipinski definition) is 1. The molecule has 2 heterocycles. The molecule has 1 N–H and O–H groups in total. The second-order valence-electron chi connectivity index (χ2n) is 4.89. The Kier molecular flexibility index (Phi) is 3.49. The Labute approximate surface area is 122 Å². The lowest BCUT2D eigenvalue weighted by Crippen LogP contribution is -2.14. The summed E-state index contributed by atoms with van der Waals surface area (Å²) in [5.41, 5.74) is 3.46. The van der Waals surface area contributed by atoms with Crippen molar-refractivity contribution in [3.63, 3.8) is 0 Å². The minimum atomic E-state index is -0.0669. The Hall–Kier alpha value is -1.81. The van der Waals surface area contributed by atoms with Crippen LogP contribution in [-0.2, 0) is 13.0 Å². The molecule has 104 valence electrons. The number of carbonyl (C=O) groups excluding carboxylic acids is 1. The Bertz CT molecular complexity index is 663. The predicted molar refractivity (Wildman–Crippen MR) is 79.6 cm³/mol. The van der Waals surface area contributed by atoms with Gasteiger partial charge in [-0.05, 0) is 43.5 Å². The maximum atomic E-state index is 12.6. The summed E-state index contributed by atoms with van der Waals surface area (Å²) >= 11 is 6.10. The highest BCUT2D eigenvalue weighted by atomic mass is 35.5. The molecule has 0 bridgehead atoms. The number of halogens is 1. The fourth-order valence-corrected chi connectivity index (χ4v) is 2.81. The number of rotatable bonds is 3. The van der Waals surface area contributed by atoms with Crippen LogP contribution < -0.4 is 5.32 Å². The van der Waals surface area contributed by atoms with Gasteiger partial charge in [0.25, 0.3) is 0 Å². The Balaban J connectivity index is 2.00. The van der Waals surface area contributed by atoms with Crippen LogP contribution in [0.25, 0.3) is 0 Å². The van der Waals surface area contributed by atoms with Crippen molar-refractivity contribution in [3.8, 4) is 0 Å². The maximum Gasteiger partial charge on any atom is 0.212 e. The smallest absolute Gasteiger partial charge is 0.212 e. The second kappa shape index (κ2) is 5.29. The highest BCUT2D eigenvalue weighted by molar-refractivity contribution is 6.34. The molecule has 0 saturated carbocycles. The van der Waals surface area contributed by atoms with Gasteiger partial charge in [0.05, 0.1) is 11.2 Å². The van der Waals surface area contributed by atoms with Crippen molar-refractivity contribution in [1.29, 1.82) is 0 Å². The van der Waals surface area contributed by atoms with E-state index in [2.05, 4.69) is 10.4 Å². The van der Waals surface area contributed by atoms with E-state index in [9.17, 15) is 4.79 Å². The van der Waals surface area contributed by atoms with Gasteiger partial charge in [0.1, 0.15) is 5.69 Å². The van der Waals surface area contributed by atoms with Gasteiger partial charge in [0, 0.05) is 24.3 Å². The van der Waals surface area contributed by atoms with Crippen LogP contribution in [0, 0.1) is 0 Å². The Morgan fingerprint density at radius 3 is 3.15 bits per heavy atom. The van der Waals surface area contributed by atoms with E-state index >= 15 is 0 Å². The minimum absolute atomic E-state index is 0.0669. The summed E-state index contributed by atoms with van der Waals surface area (Å²) in [6.45, 7) is 3.56. The van der Waals surface area contributed by atoms with Gasteiger partial charge in [-0.2, -0.15) is 5.10 Å². The molecule has 1 aliphatic rings. The molecule has 1 aliphatic heterocycles. The molecule has 0 atom stereocenters. The van der Waals surface area contributed by atoms with Crippen LogP contribution in [0.5, 0.6) is 0 Å². The van der Waals surface area contributed by atoms with Crippen LogP contribution in [0.1, 0.15) is 35.0 Å². The third kappa shape index (κ3) is 2.20. The van der Waals surface area contributed by atoms with Crippen molar-refractivity contribution >= 4 is 23.1 Å². The first-order chi connectivity index (χ1) is 9.70. The lowest BCUT2D eigenvalue weighted by atomic mass is 9.98. The third-order valence-electron chi connectivity index (χ3n) is 3.62. The molecule has 5 heteroatoms. The third-order valence-corrected chi connectivity index (χ3v) is 3.89. The summed E-state index contributed by atoms with van der Waals surface area (Å²) < 4.78 is 1.64. The van der Waals surface area contributed by atoms with Crippen molar-refractivity contribution in [2.24, 2.45) is 0 Å². The Morgan fingerprint density at radius 1 is 1.50 bits per heavy atom. The molecule has 2 aromatic rings. The molecule has 3 rings (SSSR count). The van der Waals surface area contributed by atoms with E-state index in [0.717, 1.165) is 25.1 Å². The summed E-state index contributed by atoms with van der Waals surface area (Å²) in [7, 11) is 0. The first-order valence-corrected chi connectivity index (χ1v) is 7.21. The number of aryl methyl sites for hydroxylation is 2. The quantitative estimate of drug-likeness (QED) is 0.883. The number of nitrogens with one attached hydrogen (secondary N) is 1. The van der Waals surface area contributed by atoms with Crippen LogP contribution in [0.3, 0.4) is 0 Å². The lowest BCUT2D eigenvalue weighted by Gasteiger charge is -2.18. The molecular formula is C15H16ClN3O. The predicted octanol–water partition coefficient (Wildman–Crippen LogP) is 3.15. The van der Waals surface area contributed by atoms with Gasteiger partial charge >= 0.3 is 0 Å². The van der Waals surface area contributed by atoms with E-state index in [1.165, 1.54) is 11.8 Å². The minimum Gasteiger partial charge on any atom is -0.385 e. The zero-order valence-corrected chi connectivity index (χ0v) is 12.1. The number of nitrogens with zero attached hydrogens (tertiary/aromatic N) is 2. The molecule has 1 aromatic carbocycles. The lowest BCUT2D eigenvalue weighted by molar-refractivity contribution is 0.102. The van der Waals surface area contributed by atoms with Gasteiger partial charge in [0.15, 0.2) is 0 Å². The van der Waals surface area contributed by atoms with Crippen LogP contribution in [-0.4, -0.2) is 22.1 Å². The summed E-state index contributed by atoms with van der Waals surface area (Å²) in [6, 6.07) is 5.79. The molecule has 0 fully saturated rings. The van der Waals surface area contributed by atoms with Crippen molar-refractivity contribution in [2.45, 2.75) is 26.3 Å². The van der Waals surface area contributed by atoms with Gasteiger partial charge in [-0.1, -0.05) is 11.6 Å². The Morgan fingerprint density at radius 2 is 2.35 bits per heavy atom. The van der Waals surface area contributed by atoms with E-state index in [0.29, 0.717) is 22.8 Å². The monoisotopic (exact) mass is 289 g/mol. The average molecular weight is 290 g/mol. The molecular weight excluding hydrogens is 274 g/mol. The van der Waals surface area contributed by atoms with Gasteiger partial charge < -0.3 is 5.32 Å². The number of aromatic nitrogens is 2. The molecule has 0 radical (unpaired) electrons. The molecule has 1 aromatic heterocycles. The van der Waals surface area contributed by atoms with E-state index in [1.54, 1.807) is 4.68 Å². The fraction of sp³-hybridized carbons (Fsp3) is 0.333. The summed E-state index contributed by atoms with van der Waals surface area (Å²) in [5, 5.41) is 7.87. The second-order valence-corrected chi connectivity index (χ2v) is 5.30. The SMILES string of the molecule is CCn1ncc(Cl)c1C(=O)c1ccc2c(c1)CCCN2. The molecule has 0 aliphatic carbocycles. The fourth-order valence-electron chi connectivity index (χ4n) is 2.58. The number of carbonyl (C=O) groups is 1. The van der Waals surface area contributed by atoms with Gasteiger partial charge in [0.2, 0.25) is 5.78 Å². The van der Waals surface area contributed by atoms with Crippen molar-refractivity contribution in [3.05, 3.63) is 46.2 Å². The standard InChI is InChI=1S/C15H16ClN3O/c1-2-19-14(12(16)9-18-19)15(20)11-5-6-13-10(8-11)4-3-7-17-13/h5-6,8-9,17H,2-4,7H2,1H3. The highest BCUT2D eigenvalue weighted by Gasteiger charge is 2.20. The normalized spacial score (nSPS) is 13.7. The van der Waals surface area contributed by atoms with Crippen molar-refractivity contribution in [1.82, 2.24) is 9.78 Å². The molecule has 0 saturated heterocycles. The van der Waals surface area contributed by atoms with E-state index in [4.69, 9.17) is 11.6 Å². The largest absolute Gasteiger partial charge is 0.385 e. The molecule has 0 amide bonds. The average Bonchev–Trinajstić information content (AvgIpc) is 2.87. The summed E-state index contributed by atoms with van der Waals surface area (Å²) in [4.78, 5) is 12.6. The van der Waals surface area contributed by atoms with Crippen LogP contribution in [0.2, 0.25) is 5.02 Å². The number of hydrogen-bond acceptors (Lipinski definition) is 3. The van der Waals surface area contributed by atoms with Crippen LogP contribution in [0.15, 0.2) is 24.4 Å². The van der Waals surface area contributed by atoms with Crippen LogP contribution >= 0.6 is 11.6 Å². The summed E-state index contributed by atoms with van der Waals surface area (Å²) in [6.07, 6.45) is 3.63. The topological polar surface area (TPSA) is 46.9 Å².